The number of benzene rings is 2. The highest BCUT2D eigenvalue weighted by atomic mass is 16.3. The molecule has 5 aromatic rings. The van der Waals surface area contributed by atoms with E-state index in [-0.39, 0.29) is 6.61 Å². The fraction of sp³-hybridized carbons (Fsp3) is 0.105. The highest BCUT2D eigenvalue weighted by molar-refractivity contribution is 5.93. The van der Waals surface area contributed by atoms with Crippen molar-refractivity contribution in [3.8, 4) is 0 Å². The van der Waals surface area contributed by atoms with Gasteiger partial charge in [-0.15, -0.1) is 5.10 Å². The van der Waals surface area contributed by atoms with Gasteiger partial charge in [-0.2, -0.15) is 10.1 Å². The summed E-state index contributed by atoms with van der Waals surface area (Å²) in [5, 5.41) is 31.5. The number of rotatable bonds is 6. The van der Waals surface area contributed by atoms with Crippen LogP contribution in [-0.4, -0.2) is 53.8 Å². The second-order valence-corrected chi connectivity index (χ2v) is 6.39. The Labute approximate surface area is 164 Å². The standard InChI is InChI=1S/C19H17N9O/c29-9-8-28(17-3-1-2-14-13(17)11-21-24-14)18-6-7-20-19(23-18)22-12-4-5-15-16(10-12)26-27-25-15/h1-7,10-11,29H,8-9H2,(H,21,24)(H,20,22,23)(H,25,26,27). The lowest BCUT2D eigenvalue weighted by atomic mass is 10.2. The van der Waals surface area contributed by atoms with Crippen molar-refractivity contribution in [2.24, 2.45) is 0 Å². The summed E-state index contributed by atoms with van der Waals surface area (Å²) in [5.41, 5.74) is 4.22. The summed E-state index contributed by atoms with van der Waals surface area (Å²) in [6.45, 7) is 0.357. The van der Waals surface area contributed by atoms with Crippen molar-refractivity contribution < 1.29 is 5.11 Å². The van der Waals surface area contributed by atoms with Gasteiger partial charge in [-0.3, -0.25) is 10.2 Å². The molecule has 0 bridgehead atoms. The predicted octanol–water partition coefficient (Wildman–Crippen LogP) is 2.50. The Kier molecular flexibility index (Phi) is 4.22. The Morgan fingerprint density at radius 3 is 2.97 bits per heavy atom. The smallest absolute Gasteiger partial charge is 0.229 e. The normalized spacial score (nSPS) is 11.2. The molecule has 10 nitrogen and oxygen atoms in total. The summed E-state index contributed by atoms with van der Waals surface area (Å²) >= 11 is 0. The number of fused-ring (bicyclic) bond motifs is 2. The van der Waals surface area contributed by atoms with Crippen LogP contribution in [0.4, 0.5) is 23.1 Å². The molecule has 0 saturated heterocycles. The number of H-pyrrole nitrogens is 2. The van der Waals surface area contributed by atoms with Crippen molar-refractivity contribution in [3.63, 3.8) is 0 Å². The fourth-order valence-electron chi connectivity index (χ4n) is 3.25. The molecule has 29 heavy (non-hydrogen) atoms. The lowest BCUT2D eigenvalue weighted by Crippen LogP contribution is -2.22. The number of nitrogens with one attached hydrogen (secondary N) is 3. The van der Waals surface area contributed by atoms with E-state index in [1.54, 1.807) is 18.5 Å². The molecule has 144 valence electrons. The molecular weight excluding hydrogens is 370 g/mol. The molecule has 3 heterocycles. The molecule has 0 unspecified atom stereocenters. The average molecular weight is 387 g/mol. The highest BCUT2D eigenvalue weighted by Gasteiger charge is 2.15. The molecule has 10 heteroatoms. The van der Waals surface area contributed by atoms with E-state index >= 15 is 0 Å². The zero-order valence-electron chi connectivity index (χ0n) is 15.2. The largest absolute Gasteiger partial charge is 0.395 e. The number of anilines is 4. The van der Waals surface area contributed by atoms with Crippen LogP contribution >= 0.6 is 0 Å². The Balaban J connectivity index is 1.50. The van der Waals surface area contributed by atoms with E-state index in [1.165, 1.54) is 0 Å². The average Bonchev–Trinajstić information content (AvgIpc) is 3.41. The molecule has 2 aromatic carbocycles. The minimum Gasteiger partial charge on any atom is -0.395 e. The molecule has 0 spiro atoms. The molecule has 0 aliphatic carbocycles. The van der Waals surface area contributed by atoms with Gasteiger partial charge >= 0.3 is 0 Å². The van der Waals surface area contributed by atoms with Gasteiger partial charge in [0.2, 0.25) is 5.95 Å². The van der Waals surface area contributed by atoms with Crippen molar-refractivity contribution in [2.75, 3.05) is 23.4 Å². The van der Waals surface area contributed by atoms with Crippen LogP contribution in [-0.2, 0) is 0 Å². The van der Waals surface area contributed by atoms with Crippen molar-refractivity contribution in [1.82, 2.24) is 35.6 Å². The molecule has 0 fully saturated rings. The summed E-state index contributed by atoms with van der Waals surface area (Å²) in [5.74, 6) is 1.10. The number of nitrogens with zero attached hydrogens (tertiary/aromatic N) is 6. The molecule has 0 saturated carbocycles. The molecule has 4 N–H and O–H groups in total. The second-order valence-electron chi connectivity index (χ2n) is 6.39. The number of hydrogen-bond donors (Lipinski definition) is 4. The van der Waals surface area contributed by atoms with Crippen LogP contribution in [0, 0.1) is 0 Å². The SMILES string of the molecule is OCCN(c1ccnc(Nc2ccc3[nH]nnc3c2)n1)c1cccc2[nH]ncc12. The number of aliphatic hydroxyl groups is 1. The first-order valence-corrected chi connectivity index (χ1v) is 9.03. The summed E-state index contributed by atoms with van der Waals surface area (Å²) in [4.78, 5) is 10.9. The van der Waals surface area contributed by atoms with Crippen LogP contribution in [0.1, 0.15) is 0 Å². The second kappa shape index (κ2) is 7.17. The molecule has 0 amide bonds. The van der Waals surface area contributed by atoms with E-state index in [2.05, 4.69) is 40.9 Å². The molecule has 0 atom stereocenters. The third kappa shape index (κ3) is 3.21. The maximum absolute atomic E-state index is 9.63. The van der Waals surface area contributed by atoms with Crippen LogP contribution in [0.5, 0.6) is 0 Å². The van der Waals surface area contributed by atoms with E-state index in [0.29, 0.717) is 18.3 Å². The van der Waals surface area contributed by atoms with Crippen LogP contribution in [0.25, 0.3) is 21.9 Å². The first kappa shape index (κ1) is 17.1. The van der Waals surface area contributed by atoms with Crippen LogP contribution < -0.4 is 10.2 Å². The highest BCUT2D eigenvalue weighted by Crippen LogP contribution is 2.30. The topological polar surface area (TPSA) is 132 Å². The zero-order valence-corrected chi connectivity index (χ0v) is 15.2. The molecule has 0 aliphatic rings. The molecule has 3 aromatic heterocycles. The molecule has 0 aliphatic heterocycles. The van der Waals surface area contributed by atoms with Crippen molar-refractivity contribution >= 4 is 45.1 Å². The number of aromatic amines is 2. The number of hydrogen-bond acceptors (Lipinski definition) is 8. The minimum atomic E-state index is -0.0240. The van der Waals surface area contributed by atoms with E-state index in [9.17, 15) is 5.11 Å². The third-order valence-corrected chi connectivity index (χ3v) is 4.58. The van der Waals surface area contributed by atoms with Crippen molar-refractivity contribution in [2.45, 2.75) is 0 Å². The Morgan fingerprint density at radius 1 is 1.07 bits per heavy atom. The van der Waals surface area contributed by atoms with Crippen LogP contribution in [0.3, 0.4) is 0 Å². The maximum atomic E-state index is 9.63. The van der Waals surface area contributed by atoms with Crippen molar-refractivity contribution in [3.05, 3.63) is 54.9 Å². The molecular formula is C19H17N9O. The van der Waals surface area contributed by atoms with E-state index < -0.39 is 0 Å². The van der Waals surface area contributed by atoms with Gasteiger partial charge in [0.05, 0.1) is 29.5 Å². The van der Waals surface area contributed by atoms with E-state index in [1.807, 2.05) is 41.3 Å². The van der Waals surface area contributed by atoms with Crippen LogP contribution in [0.2, 0.25) is 0 Å². The van der Waals surface area contributed by atoms with Gasteiger partial charge in [-0.05, 0) is 36.4 Å². The summed E-state index contributed by atoms with van der Waals surface area (Å²) in [6, 6.07) is 13.3. The van der Waals surface area contributed by atoms with Crippen molar-refractivity contribution in [1.29, 1.82) is 0 Å². The number of aliphatic hydroxyl groups excluding tert-OH is 1. The minimum absolute atomic E-state index is 0.0240. The zero-order chi connectivity index (χ0) is 19.6. The summed E-state index contributed by atoms with van der Waals surface area (Å²) in [7, 11) is 0. The van der Waals surface area contributed by atoms with E-state index in [0.717, 1.165) is 33.3 Å². The third-order valence-electron chi connectivity index (χ3n) is 4.58. The Hall–Kier alpha value is -4.05. The lowest BCUT2D eigenvalue weighted by Gasteiger charge is -2.24. The Morgan fingerprint density at radius 2 is 2.03 bits per heavy atom. The van der Waals surface area contributed by atoms with Gasteiger partial charge in [0, 0.05) is 23.8 Å². The van der Waals surface area contributed by atoms with Gasteiger partial charge in [-0.25, -0.2) is 4.98 Å². The molecule has 0 radical (unpaired) electrons. The fourth-order valence-corrected chi connectivity index (χ4v) is 3.25. The number of aromatic nitrogens is 7. The first-order valence-electron chi connectivity index (χ1n) is 9.03. The van der Waals surface area contributed by atoms with Gasteiger partial charge < -0.3 is 15.3 Å². The predicted molar refractivity (Wildman–Crippen MR) is 109 cm³/mol. The van der Waals surface area contributed by atoms with Gasteiger partial charge in [0.15, 0.2) is 0 Å². The Bertz CT molecular complexity index is 1280. The van der Waals surface area contributed by atoms with Gasteiger partial charge in [-0.1, -0.05) is 11.3 Å². The monoisotopic (exact) mass is 387 g/mol. The first-order chi connectivity index (χ1) is 14.3. The van der Waals surface area contributed by atoms with Gasteiger partial charge in [0.1, 0.15) is 11.3 Å². The summed E-state index contributed by atoms with van der Waals surface area (Å²) in [6.07, 6.45) is 3.45. The van der Waals surface area contributed by atoms with Crippen LogP contribution in [0.15, 0.2) is 54.9 Å². The lowest BCUT2D eigenvalue weighted by molar-refractivity contribution is 0.305. The quantitative estimate of drug-likeness (QED) is 0.349. The maximum Gasteiger partial charge on any atom is 0.229 e. The van der Waals surface area contributed by atoms with Gasteiger partial charge in [0.25, 0.3) is 0 Å². The van der Waals surface area contributed by atoms with E-state index in [4.69, 9.17) is 0 Å². The summed E-state index contributed by atoms with van der Waals surface area (Å²) < 4.78 is 0. The molecule has 5 rings (SSSR count).